The number of hydrogen-bond acceptors (Lipinski definition) is 3. The fraction of sp³-hybridized carbons (Fsp3) is 1.00. The zero-order valence-corrected chi connectivity index (χ0v) is 13.8. The average Bonchev–Trinajstić information content (AvgIpc) is 2.14. The van der Waals surface area contributed by atoms with Crippen LogP contribution in [0.25, 0.3) is 0 Å². The monoisotopic (exact) mass is 278 g/mol. The van der Waals surface area contributed by atoms with Crippen LogP contribution in [-0.4, -0.2) is 36.1 Å². The molecule has 2 atom stereocenters. The minimum absolute atomic E-state index is 0.0682. The molecule has 0 aliphatic heterocycles. The van der Waals surface area contributed by atoms with Gasteiger partial charge in [0.15, 0.2) is 9.84 Å². The summed E-state index contributed by atoms with van der Waals surface area (Å²) in [4.78, 5) is 0. The van der Waals surface area contributed by atoms with Crippen LogP contribution in [0, 0.1) is 5.41 Å². The van der Waals surface area contributed by atoms with Gasteiger partial charge in [0.1, 0.15) is 0 Å². The molecule has 109 valence electrons. The molecule has 1 radical (unpaired) electrons. The quantitative estimate of drug-likeness (QED) is 0.743. The minimum Gasteiger partial charge on any atom is -0.229 e. The van der Waals surface area contributed by atoms with Gasteiger partial charge in [-0.05, 0) is 33.1 Å². The number of nitrogens with zero attached hydrogens (tertiary/aromatic N) is 1. The van der Waals surface area contributed by atoms with Crippen molar-refractivity contribution in [1.82, 2.24) is 5.06 Å². The fourth-order valence-corrected chi connectivity index (χ4v) is 3.56. The van der Waals surface area contributed by atoms with E-state index in [1.54, 1.807) is 13.8 Å². The van der Waals surface area contributed by atoms with Crippen LogP contribution >= 0.6 is 0 Å². The summed E-state index contributed by atoms with van der Waals surface area (Å²) in [6.45, 7) is 14.4. The van der Waals surface area contributed by atoms with Crippen molar-refractivity contribution in [3.63, 3.8) is 0 Å². The molecule has 0 aromatic carbocycles. The Labute approximate surface area is 112 Å². The Morgan fingerprint density at radius 1 is 1.06 bits per heavy atom. The minimum atomic E-state index is -3.23. The second kappa shape index (κ2) is 5.47. The largest absolute Gasteiger partial charge is 0.229 e. The summed E-state index contributed by atoms with van der Waals surface area (Å²) >= 11 is 0. The maximum absolute atomic E-state index is 12.5. The van der Waals surface area contributed by atoms with E-state index in [0.717, 1.165) is 5.06 Å². The van der Waals surface area contributed by atoms with Gasteiger partial charge in [0.05, 0.1) is 11.3 Å². The molecule has 0 rings (SSSR count). The van der Waals surface area contributed by atoms with Gasteiger partial charge in [-0.1, -0.05) is 27.7 Å². The normalized spacial score (nSPS) is 17.9. The van der Waals surface area contributed by atoms with Crippen molar-refractivity contribution in [2.24, 2.45) is 5.41 Å². The van der Waals surface area contributed by atoms with Crippen LogP contribution in [0.1, 0.15) is 55.4 Å². The van der Waals surface area contributed by atoms with Crippen molar-refractivity contribution < 1.29 is 13.6 Å². The molecule has 0 heterocycles. The Balaban J connectivity index is 5.55. The lowest BCUT2D eigenvalue weighted by Crippen LogP contribution is -2.57. The smallest absolute Gasteiger partial charge is 0.154 e. The van der Waals surface area contributed by atoms with Gasteiger partial charge in [-0.25, -0.2) is 8.42 Å². The highest BCUT2D eigenvalue weighted by Crippen LogP contribution is 2.33. The van der Waals surface area contributed by atoms with Gasteiger partial charge in [-0.15, -0.1) is 10.3 Å². The molecule has 4 nitrogen and oxygen atoms in total. The topological polar surface area (TPSA) is 57.3 Å². The molecule has 0 fully saturated rings. The number of sulfone groups is 1. The first kappa shape index (κ1) is 17.9. The van der Waals surface area contributed by atoms with Crippen LogP contribution in [0.5, 0.6) is 0 Å². The molecule has 0 amide bonds. The molecule has 18 heavy (non-hydrogen) atoms. The van der Waals surface area contributed by atoms with E-state index in [9.17, 15) is 13.6 Å². The summed E-state index contributed by atoms with van der Waals surface area (Å²) in [7, 11) is -3.23. The first-order valence-electron chi connectivity index (χ1n) is 6.43. The van der Waals surface area contributed by atoms with Gasteiger partial charge in [0, 0.05) is 11.3 Å². The first-order valence-corrected chi connectivity index (χ1v) is 8.14. The SMILES string of the molecule is CCS(=O)(=O)C(C)C(N([O])C(C)(C)C)C(C)(C)C. The fourth-order valence-electron chi connectivity index (χ4n) is 2.12. The van der Waals surface area contributed by atoms with Gasteiger partial charge in [-0.3, -0.25) is 0 Å². The van der Waals surface area contributed by atoms with Crippen LogP contribution < -0.4 is 0 Å². The third kappa shape index (κ3) is 4.21. The van der Waals surface area contributed by atoms with E-state index in [-0.39, 0.29) is 5.75 Å². The Morgan fingerprint density at radius 3 is 1.67 bits per heavy atom. The van der Waals surface area contributed by atoms with E-state index in [2.05, 4.69) is 0 Å². The first-order chi connectivity index (χ1) is 7.75. The standard InChI is InChI=1S/C13H28NO3S/c1-9-18(16,17)10(2)11(12(3,4)5)14(15)13(6,7)8/h10-11H,9H2,1-8H3. The highest BCUT2D eigenvalue weighted by Gasteiger charge is 2.44. The molecular formula is C13H28NO3S. The summed E-state index contributed by atoms with van der Waals surface area (Å²) < 4.78 is 24.1. The van der Waals surface area contributed by atoms with E-state index in [1.807, 2.05) is 41.5 Å². The van der Waals surface area contributed by atoms with Gasteiger partial charge in [-0.2, -0.15) is 0 Å². The molecule has 2 unspecified atom stereocenters. The van der Waals surface area contributed by atoms with Crippen molar-refractivity contribution in [3.05, 3.63) is 0 Å². The summed E-state index contributed by atoms with van der Waals surface area (Å²) in [6, 6.07) is -0.553. The molecule has 0 aromatic heterocycles. The molecule has 0 N–H and O–H groups in total. The Hall–Kier alpha value is -0.130. The lowest BCUT2D eigenvalue weighted by atomic mass is 9.83. The van der Waals surface area contributed by atoms with Crippen LogP contribution in [0.15, 0.2) is 0 Å². The maximum atomic E-state index is 12.5. The average molecular weight is 278 g/mol. The Morgan fingerprint density at radius 2 is 1.44 bits per heavy atom. The molecular weight excluding hydrogens is 250 g/mol. The summed E-state index contributed by atoms with van der Waals surface area (Å²) in [5, 5.41) is 12.7. The molecule has 0 aromatic rings. The van der Waals surface area contributed by atoms with E-state index in [0.29, 0.717) is 0 Å². The predicted molar refractivity (Wildman–Crippen MR) is 74.4 cm³/mol. The van der Waals surface area contributed by atoms with Crippen molar-refractivity contribution in [2.75, 3.05) is 5.75 Å². The number of rotatable bonds is 4. The number of hydrogen-bond donors (Lipinski definition) is 0. The second-order valence-corrected chi connectivity index (χ2v) is 9.61. The molecule has 0 saturated heterocycles. The second-order valence-electron chi connectivity index (χ2n) is 6.96. The van der Waals surface area contributed by atoms with Crippen LogP contribution in [0.4, 0.5) is 0 Å². The van der Waals surface area contributed by atoms with E-state index >= 15 is 0 Å². The third-order valence-electron chi connectivity index (χ3n) is 3.21. The predicted octanol–water partition coefficient (Wildman–Crippen LogP) is 2.67. The summed E-state index contributed by atoms with van der Waals surface area (Å²) in [5.41, 5.74) is -0.994. The molecule has 5 heteroatoms. The zero-order valence-electron chi connectivity index (χ0n) is 12.9. The van der Waals surface area contributed by atoms with Gasteiger partial charge in [0.2, 0.25) is 0 Å². The van der Waals surface area contributed by atoms with Crippen molar-refractivity contribution in [2.45, 2.75) is 72.2 Å². The van der Waals surface area contributed by atoms with Gasteiger partial charge < -0.3 is 0 Å². The van der Waals surface area contributed by atoms with Crippen LogP contribution in [0.2, 0.25) is 0 Å². The molecule has 0 spiro atoms. The van der Waals surface area contributed by atoms with Crippen molar-refractivity contribution >= 4 is 9.84 Å². The van der Waals surface area contributed by atoms with Crippen LogP contribution in [0.3, 0.4) is 0 Å². The lowest BCUT2D eigenvalue weighted by molar-refractivity contribution is -0.256. The third-order valence-corrected chi connectivity index (χ3v) is 5.41. The highest BCUT2D eigenvalue weighted by molar-refractivity contribution is 7.92. The highest BCUT2D eigenvalue weighted by atomic mass is 32.2. The van der Waals surface area contributed by atoms with Gasteiger partial charge >= 0.3 is 0 Å². The van der Waals surface area contributed by atoms with Crippen molar-refractivity contribution in [3.8, 4) is 0 Å². The molecule has 0 saturated carbocycles. The number of hydroxylamine groups is 2. The van der Waals surface area contributed by atoms with Crippen LogP contribution in [-0.2, 0) is 15.0 Å². The summed E-state index contributed by atoms with van der Waals surface area (Å²) in [5.74, 6) is 0.0682. The maximum Gasteiger partial charge on any atom is 0.154 e. The van der Waals surface area contributed by atoms with Gasteiger partial charge in [0.25, 0.3) is 0 Å². The Bertz CT molecular complexity index is 363. The molecule has 0 aliphatic rings. The lowest BCUT2D eigenvalue weighted by Gasteiger charge is -2.43. The molecule has 0 bridgehead atoms. The van der Waals surface area contributed by atoms with E-state index in [4.69, 9.17) is 0 Å². The summed E-state index contributed by atoms with van der Waals surface area (Å²) in [6.07, 6.45) is 0. The molecule has 0 aliphatic carbocycles. The zero-order chi connectivity index (χ0) is 14.9. The van der Waals surface area contributed by atoms with Crippen molar-refractivity contribution in [1.29, 1.82) is 0 Å². The van der Waals surface area contributed by atoms with E-state index < -0.39 is 32.1 Å². The Kier molecular flexibility index (Phi) is 5.43. The van der Waals surface area contributed by atoms with E-state index in [1.165, 1.54) is 0 Å².